The van der Waals surface area contributed by atoms with Gasteiger partial charge in [0.1, 0.15) is 0 Å². The summed E-state index contributed by atoms with van der Waals surface area (Å²) >= 11 is 0. The molecule has 0 radical (unpaired) electrons. The Morgan fingerprint density at radius 1 is 0.636 bits per heavy atom. The molecule has 0 atom stereocenters. The second-order valence-electron chi connectivity index (χ2n) is 13.5. The van der Waals surface area contributed by atoms with Crippen LogP contribution in [0.25, 0.3) is 21.8 Å². The highest BCUT2D eigenvalue weighted by Gasteiger charge is 2.22. The molecule has 55 heavy (non-hydrogen) atoms. The fourth-order valence-corrected chi connectivity index (χ4v) is 6.44. The molecule has 2 aromatic heterocycles. The van der Waals surface area contributed by atoms with Gasteiger partial charge in [-0.25, -0.2) is 10.0 Å². The summed E-state index contributed by atoms with van der Waals surface area (Å²) in [5, 5.41) is 8.75. The highest BCUT2D eigenvalue weighted by molar-refractivity contribution is 6.08. The fourth-order valence-electron chi connectivity index (χ4n) is 6.44. The first kappa shape index (κ1) is 38.3. The Labute approximate surface area is 324 Å². The van der Waals surface area contributed by atoms with Gasteiger partial charge < -0.3 is 10.2 Å². The maximum absolute atomic E-state index is 13.2. The van der Waals surface area contributed by atoms with E-state index in [9.17, 15) is 9.59 Å². The second kappa shape index (κ2) is 19.1. The van der Waals surface area contributed by atoms with Gasteiger partial charge in [0.2, 0.25) is 0 Å². The average Bonchev–Trinajstić information content (AvgIpc) is 3.23. The van der Waals surface area contributed by atoms with Crippen molar-refractivity contribution in [1.82, 2.24) is 15.0 Å². The van der Waals surface area contributed by atoms with E-state index in [0.29, 0.717) is 16.8 Å². The smallest absolute Gasteiger partial charge is 0.272 e. The molecule has 0 bridgehead atoms. The zero-order chi connectivity index (χ0) is 38.4. The van der Waals surface area contributed by atoms with Crippen LogP contribution in [0.3, 0.4) is 0 Å². The van der Waals surface area contributed by atoms with E-state index in [0.717, 1.165) is 72.0 Å². The third kappa shape index (κ3) is 10.2. The summed E-state index contributed by atoms with van der Waals surface area (Å²) in [6.45, 7) is 3.82. The SMILES string of the molecule is CCCCCN(C)N(C(=O)c1ccccc1)c1cnc2ccccc2c1.CN(CCc1ccccc1)c1ccccc1C(=O)Nc1cnc2ccccc2c1. The number of benzene rings is 5. The van der Waals surface area contributed by atoms with E-state index < -0.39 is 0 Å². The number of pyridine rings is 2. The van der Waals surface area contributed by atoms with Crippen LogP contribution in [-0.2, 0) is 6.42 Å². The van der Waals surface area contributed by atoms with Gasteiger partial charge in [-0.2, -0.15) is 0 Å². The Balaban J connectivity index is 0.000000188. The number of hydrogen-bond acceptors (Lipinski definition) is 6. The quantitative estimate of drug-likeness (QED) is 0.0941. The maximum Gasteiger partial charge on any atom is 0.272 e. The Kier molecular flexibility index (Phi) is 13.3. The van der Waals surface area contributed by atoms with Crippen LogP contribution in [-0.4, -0.2) is 54.0 Å². The van der Waals surface area contributed by atoms with Gasteiger partial charge in [-0.3, -0.25) is 19.6 Å². The van der Waals surface area contributed by atoms with Crippen molar-refractivity contribution in [2.24, 2.45) is 0 Å². The van der Waals surface area contributed by atoms with Crippen LogP contribution in [0.15, 0.2) is 158 Å². The molecule has 2 amide bonds. The van der Waals surface area contributed by atoms with E-state index in [1.54, 1.807) is 17.4 Å². The number of nitrogens with one attached hydrogen (secondary N) is 1. The average molecular weight is 729 g/mol. The number of amides is 2. The highest BCUT2D eigenvalue weighted by atomic mass is 16.2. The van der Waals surface area contributed by atoms with Gasteiger partial charge in [-0.05, 0) is 66.9 Å². The Bertz CT molecular complexity index is 2310. The zero-order valence-electron chi connectivity index (χ0n) is 31.8. The van der Waals surface area contributed by atoms with E-state index >= 15 is 0 Å². The van der Waals surface area contributed by atoms with Crippen LogP contribution in [0.4, 0.5) is 17.1 Å². The second-order valence-corrected chi connectivity index (χ2v) is 13.5. The summed E-state index contributed by atoms with van der Waals surface area (Å²) < 4.78 is 0. The minimum Gasteiger partial charge on any atom is -0.374 e. The molecule has 8 nitrogen and oxygen atoms in total. The van der Waals surface area contributed by atoms with Crippen LogP contribution in [0, 0.1) is 0 Å². The molecule has 0 aliphatic heterocycles. The predicted molar refractivity (Wildman–Crippen MR) is 227 cm³/mol. The Hall–Kier alpha value is -6.38. The fraction of sp³-hybridized carbons (Fsp3) is 0.191. The van der Waals surface area contributed by atoms with Crippen molar-refractivity contribution < 1.29 is 9.59 Å². The Morgan fingerprint density at radius 2 is 1.24 bits per heavy atom. The van der Waals surface area contributed by atoms with Crippen molar-refractivity contribution >= 4 is 50.7 Å². The lowest BCUT2D eigenvalue weighted by atomic mass is 10.1. The summed E-state index contributed by atoms with van der Waals surface area (Å²) in [5.41, 5.74) is 6.83. The molecule has 0 aliphatic rings. The van der Waals surface area contributed by atoms with Gasteiger partial charge in [0.25, 0.3) is 11.8 Å². The number of nitrogens with zero attached hydrogens (tertiary/aromatic N) is 5. The van der Waals surface area contributed by atoms with E-state index in [2.05, 4.69) is 39.2 Å². The van der Waals surface area contributed by atoms with Crippen molar-refractivity contribution in [2.45, 2.75) is 32.6 Å². The molecule has 1 N–H and O–H groups in total. The lowest BCUT2D eigenvalue weighted by Gasteiger charge is -2.32. The molecular weight excluding hydrogens is 681 g/mol. The molecule has 0 unspecified atom stereocenters. The number of carbonyl (C=O) groups is 2. The van der Waals surface area contributed by atoms with Gasteiger partial charge in [-0.1, -0.05) is 117 Å². The van der Waals surface area contributed by atoms with Gasteiger partial charge >= 0.3 is 0 Å². The largest absolute Gasteiger partial charge is 0.374 e. The number of likely N-dealkylation sites (N-methyl/N-ethyl adjacent to an activating group) is 1. The monoisotopic (exact) mass is 728 g/mol. The van der Waals surface area contributed by atoms with Crippen molar-refractivity contribution in [3.8, 4) is 0 Å². The molecule has 0 spiro atoms. The number of carbonyl (C=O) groups excluding carboxylic acids is 2. The summed E-state index contributed by atoms with van der Waals surface area (Å²) in [6, 6.07) is 47.3. The number of hydrogen-bond donors (Lipinski definition) is 1. The molecule has 278 valence electrons. The maximum atomic E-state index is 13.2. The predicted octanol–water partition coefficient (Wildman–Crippen LogP) is 10.1. The van der Waals surface area contributed by atoms with Crippen LogP contribution >= 0.6 is 0 Å². The van der Waals surface area contributed by atoms with Crippen LogP contribution in [0.5, 0.6) is 0 Å². The van der Waals surface area contributed by atoms with Gasteiger partial charge in [-0.15, -0.1) is 0 Å². The number of anilines is 3. The minimum atomic E-state index is -0.135. The molecular formula is C47H48N6O2. The molecule has 0 saturated carbocycles. The summed E-state index contributed by atoms with van der Waals surface area (Å²) in [7, 11) is 3.98. The molecule has 0 fully saturated rings. The van der Waals surface area contributed by atoms with Crippen molar-refractivity contribution in [3.63, 3.8) is 0 Å². The van der Waals surface area contributed by atoms with Gasteiger partial charge in [0, 0.05) is 49.2 Å². The van der Waals surface area contributed by atoms with E-state index in [-0.39, 0.29) is 11.8 Å². The minimum absolute atomic E-state index is 0.0401. The van der Waals surface area contributed by atoms with E-state index in [1.165, 1.54) is 5.56 Å². The Morgan fingerprint density at radius 3 is 1.95 bits per heavy atom. The molecule has 5 aromatic carbocycles. The molecule has 2 heterocycles. The molecule has 0 aliphatic carbocycles. The number of aromatic nitrogens is 2. The number of fused-ring (bicyclic) bond motifs is 2. The van der Waals surface area contributed by atoms with Crippen molar-refractivity contribution in [2.75, 3.05) is 42.4 Å². The third-order valence-electron chi connectivity index (χ3n) is 9.45. The normalized spacial score (nSPS) is 10.8. The lowest BCUT2D eigenvalue weighted by Crippen LogP contribution is -2.45. The standard InChI is InChI=1S/C25H23N3O.C22H25N3O/c1-28(16-15-19-9-3-2-4-10-19)24-14-8-6-12-22(24)25(29)27-21-17-20-11-5-7-13-23(20)26-18-21;1-3-4-10-15-24(2)25(22(26)18-11-6-5-7-12-18)20-16-19-13-8-9-14-21(19)23-17-20/h2-14,17-18H,15-16H2,1H3,(H,27,29);5-9,11-14,16-17H,3-4,10,15H2,1-2H3. The third-order valence-corrected chi connectivity index (χ3v) is 9.45. The van der Waals surface area contributed by atoms with Crippen molar-refractivity contribution in [1.29, 1.82) is 0 Å². The number of hydrazine groups is 1. The van der Waals surface area contributed by atoms with E-state index in [1.807, 2.05) is 153 Å². The first-order chi connectivity index (χ1) is 26.9. The summed E-state index contributed by atoms with van der Waals surface area (Å²) in [5.74, 6) is -0.175. The van der Waals surface area contributed by atoms with Crippen molar-refractivity contribution in [3.05, 3.63) is 175 Å². The first-order valence-electron chi connectivity index (χ1n) is 18.9. The molecule has 8 heteroatoms. The summed E-state index contributed by atoms with van der Waals surface area (Å²) in [4.78, 5) is 37.3. The van der Waals surface area contributed by atoms with Gasteiger partial charge in [0.15, 0.2) is 0 Å². The highest BCUT2D eigenvalue weighted by Crippen LogP contribution is 2.25. The number of unbranched alkanes of at least 4 members (excludes halogenated alkanes) is 2. The molecule has 0 saturated heterocycles. The summed E-state index contributed by atoms with van der Waals surface area (Å²) in [6.07, 6.45) is 7.74. The zero-order valence-corrected chi connectivity index (χ0v) is 31.8. The van der Waals surface area contributed by atoms with Crippen LogP contribution < -0.4 is 15.2 Å². The van der Waals surface area contributed by atoms with E-state index in [4.69, 9.17) is 0 Å². The van der Waals surface area contributed by atoms with Gasteiger partial charge in [0.05, 0.1) is 40.4 Å². The van der Waals surface area contributed by atoms with Crippen LogP contribution in [0.1, 0.15) is 52.5 Å². The molecule has 7 rings (SSSR count). The molecule has 7 aromatic rings. The topological polar surface area (TPSA) is 81.7 Å². The van der Waals surface area contributed by atoms with Crippen LogP contribution in [0.2, 0.25) is 0 Å². The number of para-hydroxylation sites is 3. The first-order valence-corrected chi connectivity index (χ1v) is 18.9. The lowest BCUT2D eigenvalue weighted by molar-refractivity contribution is 0.0912. The number of rotatable bonds is 13.